The second kappa shape index (κ2) is 10.4. The van der Waals surface area contributed by atoms with E-state index in [9.17, 15) is 0 Å². The standard InChI is InChI=1S/C9H10.C7H8.C2H6/c1-3-9-6-4-8(2)5-7-9;1-7-5-3-2-4-6-7;1-2/h1,4,6H,5,7H2,2H3;2-6H,1H3;1-2H3. The molecule has 0 fully saturated rings. The summed E-state index contributed by atoms with van der Waals surface area (Å²) in [6.45, 7) is 8.21. The molecule has 0 radical (unpaired) electrons. The summed E-state index contributed by atoms with van der Waals surface area (Å²) in [7, 11) is 0. The molecule has 0 spiro atoms. The summed E-state index contributed by atoms with van der Waals surface area (Å²) in [6.07, 6.45) is 11.5. The first kappa shape index (κ1) is 16.3. The lowest BCUT2D eigenvalue weighted by Crippen LogP contribution is -1.87. The Morgan fingerprint density at radius 3 is 1.89 bits per heavy atom. The van der Waals surface area contributed by atoms with Crippen LogP contribution in [0.5, 0.6) is 0 Å². The zero-order chi connectivity index (χ0) is 13.8. The monoisotopic (exact) mass is 240 g/mol. The highest BCUT2D eigenvalue weighted by atomic mass is 14.0. The Labute approximate surface area is 112 Å². The Morgan fingerprint density at radius 2 is 1.56 bits per heavy atom. The van der Waals surface area contributed by atoms with Crippen LogP contribution in [0.1, 0.15) is 39.2 Å². The van der Waals surface area contributed by atoms with Crippen LogP contribution >= 0.6 is 0 Å². The van der Waals surface area contributed by atoms with Crippen molar-refractivity contribution in [2.45, 2.75) is 40.5 Å². The molecule has 1 aliphatic carbocycles. The normalized spacial score (nSPS) is 12.6. The molecule has 18 heavy (non-hydrogen) atoms. The lowest BCUT2D eigenvalue weighted by atomic mass is 10.0. The maximum Gasteiger partial charge on any atom is 0.00207 e. The molecule has 0 N–H and O–H groups in total. The van der Waals surface area contributed by atoms with Gasteiger partial charge in [-0.15, -0.1) is 6.42 Å². The molecule has 0 heterocycles. The van der Waals surface area contributed by atoms with Crippen molar-refractivity contribution in [3.05, 3.63) is 59.2 Å². The Kier molecular flexibility index (Phi) is 9.41. The van der Waals surface area contributed by atoms with Crippen LogP contribution in [0, 0.1) is 19.3 Å². The van der Waals surface area contributed by atoms with Crippen molar-refractivity contribution < 1.29 is 0 Å². The molecule has 0 unspecified atom stereocenters. The van der Waals surface area contributed by atoms with Gasteiger partial charge in [-0.1, -0.05) is 73.4 Å². The predicted molar refractivity (Wildman–Crippen MR) is 82.4 cm³/mol. The largest absolute Gasteiger partial charge is 0.115 e. The molecule has 0 nitrogen and oxygen atoms in total. The van der Waals surface area contributed by atoms with Crippen LogP contribution in [0.3, 0.4) is 0 Å². The molecule has 1 aliphatic rings. The van der Waals surface area contributed by atoms with E-state index in [4.69, 9.17) is 6.42 Å². The van der Waals surface area contributed by atoms with Crippen molar-refractivity contribution in [2.24, 2.45) is 0 Å². The second-order valence-electron chi connectivity index (χ2n) is 4.00. The minimum absolute atomic E-state index is 1.05. The van der Waals surface area contributed by atoms with Gasteiger partial charge in [-0.05, 0) is 26.7 Å². The van der Waals surface area contributed by atoms with E-state index in [-0.39, 0.29) is 0 Å². The fourth-order valence-corrected chi connectivity index (χ4v) is 1.40. The number of aryl methyl sites for hydroxylation is 1. The van der Waals surface area contributed by atoms with Crippen LogP contribution in [-0.4, -0.2) is 0 Å². The first-order chi connectivity index (χ1) is 8.72. The average Bonchev–Trinajstić information content (AvgIpc) is 2.43. The highest BCUT2D eigenvalue weighted by molar-refractivity contribution is 5.34. The van der Waals surface area contributed by atoms with Crippen molar-refractivity contribution in [1.29, 1.82) is 0 Å². The lowest BCUT2D eigenvalue weighted by Gasteiger charge is -2.04. The number of terminal acetylenes is 1. The van der Waals surface area contributed by atoms with Crippen molar-refractivity contribution in [3.8, 4) is 12.3 Å². The van der Waals surface area contributed by atoms with E-state index in [1.165, 1.54) is 11.1 Å². The van der Waals surface area contributed by atoms with Gasteiger partial charge in [-0.2, -0.15) is 0 Å². The van der Waals surface area contributed by atoms with E-state index in [1.54, 1.807) is 0 Å². The quantitative estimate of drug-likeness (QED) is 0.539. The Bertz CT molecular complexity index is 413. The number of hydrogen-bond donors (Lipinski definition) is 0. The third-order valence-corrected chi connectivity index (χ3v) is 2.48. The van der Waals surface area contributed by atoms with Crippen LogP contribution in [0.2, 0.25) is 0 Å². The molecule has 96 valence electrons. The third-order valence-electron chi connectivity index (χ3n) is 2.48. The SMILES string of the molecule is C#CC1=CC=C(C)CC1.CC.Cc1ccccc1. The summed E-state index contributed by atoms with van der Waals surface area (Å²) in [5, 5.41) is 0. The summed E-state index contributed by atoms with van der Waals surface area (Å²) in [5.74, 6) is 2.64. The topological polar surface area (TPSA) is 0 Å². The minimum atomic E-state index is 1.05. The average molecular weight is 240 g/mol. The summed E-state index contributed by atoms with van der Waals surface area (Å²) in [4.78, 5) is 0. The smallest absolute Gasteiger partial charge is 0.00207 e. The molecule has 1 aromatic carbocycles. The van der Waals surface area contributed by atoms with Crippen molar-refractivity contribution in [1.82, 2.24) is 0 Å². The van der Waals surface area contributed by atoms with Gasteiger partial charge in [-0.25, -0.2) is 0 Å². The number of rotatable bonds is 0. The van der Waals surface area contributed by atoms with Crippen LogP contribution in [0.25, 0.3) is 0 Å². The highest BCUT2D eigenvalue weighted by Crippen LogP contribution is 2.16. The number of hydrogen-bond acceptors (Lipinski definition) is 0. The van der Waals surface area contributed by atoms with E-state index in [1.807, 2.05) is 38.1 Å². The van der Waals surface area contributed by atoms with Crippen molar-refractivity contribution in [2.75, 3.05) is 0 Å². The van der Waals surface area contributed by atoms with E-state index in [0.717, 1.165) is 18.4 Å². The molecular weight excluding hydrogens is 216 g/mol. The van der Waals surface area contributed by atoms with Crippen LogP contribution in [0.4, 0.5) is 0 Å². The Hall–Kier alpha value is -1.74. The molecule has 1 aromatic rings. The van der Waals surface area contributed by atoms with Gasteiger partial charge in [0.15, 0.2) is 0 Å². The summed E-state index contributed by atoms with van der Waals surface area (Å²) >= 11 is 0. The minimum Gasteiger partial charge on any atom is -0.115 e. The zero-order valence-corrected chi connectivity index (χ0v) is 12.0. The van der Waals surface area contributed by atoms with Gasteiger partial charge in [0.1, 0.15) is 0 Å². The molecule has 0 saturated carbocycles. The van der Waals surface area contributed by atoms with Gasteiger partial charge in [-0.3, -0.25) is 0 Å². The Balaban J connectivity index is 0.000000289. The van der Waals surface area contributed by atoms with Gasteiger partial charge >= 0.3 is 0 Å². The van der Waals surface area contributed by atoms with Crippen LogP contribution < -0.4 is 0 Å². The number of benzene rings is 1. The second-order valence-corrected chi connectivity index (χ2v) is 4.00. The molecule has 0 amide bonds. The van der Waals surface area contributed by atoms with E-state index < -0.39 is 0 Å². The predicted octanol–water partition coefficient (Wildman–Crippen LogP) is 5.31. The molecular formula is C18H24. The Morgan fingerprint density at radius 1 is 0.944 bits per heavy atom. The summed E-state index contributed by atoms with van der Waals surface area (Å²) in [5.41, 5.74) is 3.87. The molecule has 0 saturated heterocycles. The molecule has 0 atom stereocenters. The van der Waals surface area contributed by atoms with Gasteiger partial charge < -0.3 is 0 Å². The fraction of sp³-hybridized carbons (Fsp3) is 0.333. The fourth-order valence-electron chi connectivity index (χ4n) is 1.40. The molecule has 2 rings (SSSR count). The number of allylic oxidation sites excluding steroid dienone is 4. The third kappa shape index (κ3) is 7.52. The molecule has 0 aliphatic heterocycles. The molecule has 0 heteroatoms. The maximum absolute atomic E-state index is 5.20. The van der Waals surface area contributed by atoms with E-state index >= 15 is 0 Å². The van der Waals surface area contributed by atoms with Gasteiger partial charge in [0, 0.05) is 5.57 Å². The molecule has 0 aromatic heterocycles. The first-order valence-electron chi connectivity index (χ1n) is 6.57. The van der Waals surface area contributed by atoms with E-state index in [0.29, 0.717) is 0 Å². The highest BCUT2D eigenvalue weighted by Gasteiger charge is 1.98. The zero-order valence-electron chi connectivity index (χ0n) is 12.0. The van der Waals surface area contributed by atoms with Crippen LogP contribution in [-0.2, 0) is 0 Å². The lowest BCUT2D eigenvalue weighted by molar-refractivity contribution is 0.934. The van der Waals surface area contributed by atoms with Gasteiger partial charge in [0.2, 0.25) is 0 Å². The van der Waals surface area contributed by atoms with E-state index in [2.05, 4.69) is 38.0 Å². The van der Waals surface area contributed by atoms with Crippen molar-refractivity contribution in [3.63, 3.8) is 0 Å². The van der Waals surface area contributed by atoms with Crippen LogP contribution in [0.15, 0.2) is 53.6 Å². The van der Waals surface area contributed by atoms with Gasteiger partial charge in [0.25, 0.3) is 0 Å². The van der Waals surface area contributed by atoms with Gasteiger partial charge in [0.05, 0.1) is 0 Å². The first-order valence-corrected chi connectivity index (χ1v) is 6.57. The summed E-state index contributed by atoms with van der Waals surface area (Å²) in [6, 6.07) is 10.3. The maximum atomic E-state index is 5.20. The molecule has 0 bridgehead atoms. The summed E-state index contributed by atoms with van der Waals surface area (Å²) < 4.78 is 0. The van der Waals surface area contributed by atoms with Crippen molar-refractivity contribution >= 4 is 0 Å².